The molecule has 0 radical (unpaired) electrons. The molecule has 0 amide bonds. The molecule has 0 bridgehead atoms. The Labute approximate surface area is 105 Å². The van der Waals surface area contributed by atoms with Gasteiger partial charge in [0.05, 0.1) is 6.61 Å². The molecule has 3 nitrogen and oxygen atoms in total. The topological polar surface area (TPSA) is 24.5 Å². The Kier molecular flexibility index (Phi) is 5.49. The molecule has 16 heavy (non-hydrogen) atoms. The van der Waals surface area contributed by atoms with Crippen molar-refractivity contribution in [3.8, 4) is 0 Å². The smallest absolute Gasteiger partial charge is 0.169 e. The van der Waals surface area contributed by atoms with E-state index in [1.54, 1.807) is 7.11 Å². The molecule has 0 aromatic heterocycles. The fourth-order valence-electron chi connectivity index (χ4n) is 2.00. The highest BCUT2D eigenvalue weighted by Gasteiger charge is 2.23. The van der Waals surface area contributed by atoms with Crippen LogP contribution in [0.25, 0.3) is 0 Å². The van der Waals surface area contributed by atoms with Gasteiger partial charge in [-0.05, 0) is 36.9 Å². The van der Waals surface area contributed by atoms with Gasteiger partial charge >= 0.3 is 0 Å². The summed E-state index contributed by atoms with van der Waals surface area (Å²) in [6.45, 7) is 8.36. The fraction of sp³-hybridized carbons (Fsp3) is 0.917. The normalized spacial score (nSPS) is 20.3. The second-order valence-corrected chi connectivity index (χ2v) is 5.62. The Morgan fingerprint density at radius 2 is 2.12 bits per heavy atom. The molecular formula is C12H24N2OS. The summed E-state index contributed by atoms with van der Waals surface area (Å²) in [7, 11) is 1.71. The summed E-state index contributed by atoms with van der Waals surface area (Å²) >= 11 is 5.38. The van der Waals surface area contributed by atoms with Crippen LogP contribution in [0.3, 0.4) is 0 Å². The first-order valence-electron chi connectivity index (χ1n) is 6.07. The van der Waals surface area contributed by atoms with Gasteiger partial charge in [0.1, 0.15) is 0 Å². The lowest BCUT2D eigenvalue weighted by atomic mass is 9.85. The average molecular weight is 244 g/mol. The minimum atomic E-state index is 0.469. The van der Waals surface area contributed by atoms with Gasteiger partial charge in [0.15, 0.2) is 5.11 Å². The van der Waals surface area contributed by atoms with Crippen LogP contribution < -0.4 is 5.32 Å². The van der Waals surface area contributed by atoms with Crippen LogP contribution in [0, 0.1) is 5.41 Å². The highest BCUT2D eigenvalue weighted by atomic mass is 32.1. The van der Waals surface area contributed by atoms with Crippen LogP contribution in [0.15, 0.2) is 0 Å². The van der Waals surface area contributed by atoms with E-state index in [4.69, 9.17) is 17.0 Å². The van der Waals surface area contributed by atoms with Gasteiger partial charge in [0.2, 0.25) is 0 Å². The van der Waals surface area contributed by atoms with E-state index in [2.05, 4.69) is 24.1 Å². The van der Waals surface area contributed by atoms with Crippen molar-refractivity contribution in [3.63, 3.8) is 0 Å². The van der Waals surface area contributed by atoms with E-state index < -0.39 is 0 Å². The van der Waals surface area contributed by atoms with E-state index in [1.165, 1.54) is 19.3 Å². The number of likely N-dealkylation sites (tertiary alicyclic amines) is 1. The quantitative estimate of drug-likeness (QED) is 0.606. The summed E-state index contributed by atoms with van der Waals surface area (Å²) in [5.41, 5.74) is 0.469. The van der Waals surface area contributed by atoms with Crippen LogP contribution >= 0.6 is 12.2 Å². The fourth-order valence-corrected chi connectivity index (χ4v) is 2.28. The average Bonchev–Trinajstić information content (AvgIpc) is 2.39. The Morgan fingerprint density at radius 1 is 1.38 bits per heavy atom. The maximum absolute atomic E-state index is 5.38. The van der Waals surface area contributed by atoms with E-state index in [0.29, 0.717) is 12.0 Å². The SMILES string of the molecule is COCCNC(=S)N1CCCC(C)(C)CC1. The molecule has 1 heterocycles. The summed E-state index contributed by atoms with van der Waals surface area (Å²) < 4.78 is 5.00. The molecule has 94 valence electrons. The monoisotopic (exact) mass is 244 g/mol. The molecular weight excluding hydrogens is 220 g/mol. The molecule has 0 spiro atoms. The van der Waals surface area contributed by atoms with Crippen molar-refractivity contribution in [1.29, 1.82) is 0 Å². The number of thiocarbonyl (C=S) groups is 1. The van der Waals surface area contributed by atoms with E-state index >= 15 is 0 Å². The predicted octanol–water partition coefficient (Wildman–Crippen LogP) is 2.02. The number of nitrogens with zero attached hydrogens (tertiary/aromatic N) is 1. The van der Waals surface area contributed by atoms with Crippen molar-refractivity contribution in [3.05, 3.63) is 0 Å². The Hall–Kier alpha value is -0.350. The number of methoxy groups -OCH3 is 1. The third-order valence-electron chi connectivity index (χ3n) is 3.21. The van der Waals surface area contributed by atoms with Gasteiger partial charge in [-0.3, -0.25) is 0 Å². The molecule has 1 N–H and O–H groups in total. The Balaban J connectivity index is 2.33. The maximum Gasteiger partial charge on any atom is 0.169 e. The second kappa shape index (κ2) is 6.40. The first-order valence-corrected chi connectivity index (χ1v) is 6.48. The van der Waals surface area contributed by atoms with Crippen LogP contribution in [-0.2, 0) is 4.74 Å². The van der Waals surface area contributed by atoms with Crippen molar-refractivity contribution < 1.29 is 4.74 Å². The number of rotatable bonds is 3. The van der Waals surface area contributed by atoms with Crippen molar-refractivity contribution in [2.45, 2.75) is 33.1 Å². The first kappa shape index (κ1) is 13.7. The third kappa shape index (κ3) is 4.66. The van der Waals surface area contributed by atoms with Crippen LogP contribution in [0.5, 0.6) is 0 Å². The first-order chi connectivity index (χ1) is 7.55. The highest BCUT2D eigenvalue weighted by Crippen LogP contribution is 2.29. The Bertz CT molecular complexity index is 231. The lowest BCUT2D eigenvalue weighted by Crippen LogP contribution is -2.41. The predicted molar refractivity (Wildman–Crippen MR) is 71.7 cm³/mol. The molecule has 1 aliphatic rings. The van der Waals surface area contributed by atoms with Crippen molar-refractivity contribution in [2.24, 2.45) is 5.41 Å². The summed E-state index contributed by atoms with van der Waals surface area (Å²) in [6, 6.07) is 0. The van der Waals surface area contributed by atoms with E-state index in [-0.39, 0.29) is 0 Å². The molecule has 0 aromatic rings. The van der Waals surface area contributed by atoms with Crippen molar-refractivity contribution in [1.82, 2.24) is 10.2 Å². The zero-order valence-corrected chi connectivity index (χ0v) is 11.5. The highest BCUT2D eigenvalue weighted by molar-refractivity contribution is 7.80. The van der Waals surface area contributed by atoms with E-state index in [0.717, 1.165) is 24.7 Å². The number of nitrogens with one attached hydrogen (secondary N) is 1. The van der Waals surface area contributed by atoms with E-state index in [1.807, 2.05) is 0 Å². The lowest BCUT2D eigenvalue weighted by Gasteiger charge is -2.25. The largest absolute Gasteiger partial charge is 0.383 e. The summed E-state index contributed by atoms with van der Waals surface area (Å²) in [6.07, 6.45) is 3.75. The molecule has 1 aliphatic heterocycles. The van der Waals surface area contributed by atoms with Gasteiger partial charge in [-0.25, -0.2) is 0 Å². The summed E-state index contributed by atoms with van der Waals surface area (Å²) in [5.74, 6) is 0. The summed E-state index contributed by atoms with van der Waals surface area (Å²) in [5, 5.41) is 4.12. The van der Waals surface area contributed by atoms with Crippen LogP contribution in [0.4, 0.5) is 0 Å². The molecule has 0 unspecified atom stereocenters. The number of hydrogen-bond donors (Lipinski definition) is 1. The van der Waals surface area contributed by atoms with Gasteiger partial charge in [-0.1, -0.05) is 13.8 Å². The molecule has 0 atom stereocenters. The van der Waals surface area contributed by atoms with Crippen LogP contribution in [-0.4, -0.2) is 43.4 Å². The number of hydrogen-bond acceptors (Lipinski definition) is 2. The molecule has 0 aromatic carbocycles. The zero-order valence-electron chi connectivity index (χ0n) is 10.7. The van der Waals surface area contributed by atoms with Crippen molar-refractivity contribution >= 4 is 17.3 Å². The molecule has 1 saturated heterocycles. The van der Waals surface area contributed by atoms with E-state index in [9.17, 15) is 0 Å². The van der Waals surface area contributed by atoms with Crippen LogP contribution in [0.2, 0.25) is 0 Å². The lowest BCUT2D eigenvalue weighted by molar-refractivity contribution is 0.203. The minimum Gasteiger partial charge on any atom is -0.383 e. The molecule has 0 saturated carbocycles. The van der Waals surface area contributed by atoms with Gasteiger partial charge in [0.25, 0.3) is 0 Å². The molecule has 0 aliphatic carbocycles. The molecule has 1 rings (SSSR count). The second-order valence-electron chi connectivity index (χ2n) is 5.23. The standard InChI is InChI=1S/C12H24N2OS/c1-12(2)5-4-8-14(9-6-12)11(16)13-7-10-15-3/h4-10H2,1-3H3,(H,13,16). The van der Waals surface area contributed by atoms with Gasteiger partial charge in [0, 0.05) is 26.7 Å². The van der Waals surface area contributed by atoms with Gasteiger partial charge < -0.3 is 15.0 Å². The van der Waals surface area contributed by atoms with Crippen molar-refractivity contribution in [2.75, 3.05) is 33.4 Å². The van der Waals surface area contributed by atoms with Gasteiger partial charge in [-0.2, -0.15) is 0 Å². The summed E-state index contributed by atoms with van der Waals surface area (Å²) in [4.78, 5) is 2.29. The van der Waals surface area contributed by atoms with Gasteiger partial charge in [-0.15, -0.1) is 0 Å². The molecule has 4 heteroatoms. The molecule has 1 fully saturated rings. The minimum absolute atomic E-state index is 0.469. The zero-order chi connectivity index (χ0) is 12.0. The Morgan fingerprint density at radius 3 is 2.81 bits per heavy atom. The number of ether oxygens (including phenoxy) is 1. The maximum atomic E-state index is 5.38. The van der Waals surface area contributed by atoms with Crippen LogP contribution in [0.1, 0.15) is 33.1 Å². The third-order valence-corrected chi connectivity index (χ3v) is 3.61.